The summed E-state index contributed by atoms with van der Waals surface area (Å²) in [5, 5.41) is 6.44. The largest absolute Gasteiger partial charge is 0.363 e. The van der Waals surface area contributed by atoms with Gasteiger partial charge < -0.3 is 9.80 Å². The van der Waals surface area contributed by atoms with Crippen LogP contribution >= 0.6 is 0 Å². The number of amides is 1. The van der Waals surface area contributed by atoms with Crippen molar-refractivity contribution in [2.45, 2.75) is 26.3 Å². The van der Waals surface area contributed by atoms with Crippen LogP contribution in [0, 0.1) is 12.3 Å². The van der Waals surface area contributed by atoms with Gasteiger partial charge in [-0.3, -0.25) is 4.79 Å². The van der Waals surface area contributed by atoms with Crippen LogP contribution in [-0.2, 0) is 11.2 Å². The number of hydrazone groups is 1. The molecule has 1 aromatic heterocycles. The number of rotatable bonds is 2. The minimum Gasteiger partial charge on any atom is -0.363 e. The normalized spacial score (nSPS) is 24.1. The maximum absolute atomic E-state index is 14.2. The SMILES string of the molecule is CC1=NN(c2ccc(C)cc2)C(=O)[C@]12Cc1ccccc1N1CCN(c3ncccn3)C[C@H]12. The number of fused-ring (bicyclic) bond motifs is 4. The molecule has 1 saturated heterocycles. The summed E-state index contributed by atoms with van der Waals surface area (Å²) in [6, 6.07) is 18.2. The van der Waals surface area contributed by atoms with Gasteiger partial charge in [0, 0.05) is 37.7 Å². The number of benzene rings is 2. The van der Waals surface area contributed by atoms with Crippen LogP contribution in [-0.4, -0.2) is 47.3 Å². The van der Waals surface area contributed by atoms with Gasteiger partial charge in [0.1, 0.15) is 5.41 Å². The predicted octanol–water partition coefficient (Wildman–Crippen LogP) is 3.45. The van der Waals surface area contributed by atoms with Gasteiger partial charge in [0.05, 0.1) is 17.4 Å². The Bertz CT molecular complexity index is 1240. The second-order valence-corrected chi connectivity index (χ2v) is 9.12. The van der Waals surface area contributed by atoms with Crippen LogP contribution in [0.2, 0.25) is 0 Å². The molecule has 7 nitrogen and oxygen atoms in total. The van der Waals surface area contributed by atoms with Crippen molar-refractivity contribution in [3.05, 3.63) is 78.1 Å². The van der Waals surface area contributed by atoms with Gasteiger partial charge in [-0.2, -0.15) is 10.1 Å². The van der Waals surface area contributed by atoms with Gasteiger partial charge in [0.15, 0.2) is 0 Å². The highest BCUT2D eigenvalue weighted by molar-refractivity contribution is 6.20. The molecule has 2 atom stereocenters. The predicted molar refractivity (Wildman–Crippen MR) is 130 cm³/mol. The van der Waals surface area contributed by atoms with Gasteiger partial charge in [0.25, 0.3) is 5.91 Å². The van der Waals surface area contributed by atoms with E-state index in [1.54, 1.807) is 17.4 Å². The number of carbonyl (C=O) groups is 1. The fourth-order valence-corrected chi connectivity index (χ4v) is 5.56. The molecule has 0 bridgehead atoms. The second kappa shape index (κ2) is 7.40. The molecule has 1 spiro atoms. The summed E-state index contributed by atoms with van der Waals surface area (Å²) < 4.78 is 0. The molecule has 1 amide bonds. The summed E-state index contributed by atoms with van der Waals surface area (Å²) in [4.78, 5) is 27.8. The Morgan fingerprint density at radius 3 is 2.48 bits per heavy atom. The molecule has 3 aliphatic rings. The fourth-order valence-electron chi connectivity index (χ4n) is 5.56. The zero-order chi connectivity index (χ0) is 22.6. The van der Waals surface area contributed by atoms with E-state index >= 15 is 0 Å². The maximum Gasteiger partial charge on any atom is 0.261 e. The molecule has 0 radical (unpaired) electrons. The highest BCUT2D eigenvalue weighted by Gasteiger charge is 2.60. The van der Waals surface area contributed by atoms with E-state index in [9.17, 15) is 4.79 Å². The number of aromatic nitrogens is 2. The Kier molecular flexibility index (Phi) is 4.47. The monoisotopic (exact) mass is 438 g/mol. The third-order valence-electron chi connectivity index (χ3n) is 7.30. The van der Waals surface area contributed by atoms with E-state index in [1.165, 1.54) is 11.3 Å². The van der Waals surface area contributed by atoms with Crippen LogP contribution in [0.1, 0.15) is 18.1 Å². The lowest BCUT2D eigenvalue weighted by molar-refractivity contribution is -0.125. The minimum atomic E-state index is -0.729. The molecule has 7 heteroatoms. The van der Waals surface area contributed by atoms with Gasteiger partial charge in [-0.15, -0.1) is 0 Å². The number of aryl methyl sites for hydroxylation is 1. The van der Waals surface area contributed by atoms with Crippen molar-refractivity contribution < 1.29 is 4.79 Å². The topological polar surface area (TPSA) is 64.9 Å². The summed E-state index contributed by atoms with van der Waals surface area (Å²) in [7, 11) is 0. The Balaban J connectivity index is 1.45. The molecular weight excluding hydrogens is 412 g/mol. The van der Waals surface area contributed by atoms with Crippen molar-refractivity contribution in [3.8, 4) is 0 Å². The number of carbonyl (C=O) groups excluding carboxylic acids is 1. The molecular formula is C26H26N6O. The first-order valence-corrected chi connectivity index (χ1v) is 11.4. The molecule has 0 saturated carbocycles. The maximum atomic E-state index is 14.2. The zero-order valence-electron chi connectivity index (χ0n) is 18.8. The first-order chi connectivity index (χ1) is 16.1. The Morgan fingerprint density at radius 1 is 0.939 bits per heavy atom. The molecule has 3 aromatic rings. The molecule has 3 aliphatic heterocycles. The van der Waals surface area contributed by atoms with Crippen molar-refractivity contribution in [2.24, 2.45) is 10.5 Å². The molecule has 1 fully saturated rings. The lowest BCUT2D eigenvalue weighted by Gasteiger charge is -2.53. The highest BCUT2D eigenvalue weighted by atomic mass is 16.2. The summed E-state index contributed by atoms with van der Waals surface area (Å²) in [6.45, 7) is 6.32. The van der Waals surface area contributed by atoms with Gasteiger partial charge in [0.2, 0.25) is 5.95 Å². The van der Waals surface area contributed by atoms with Crippen molar-refractivity contribution in [1.82, 2.24) is 9.97 Å². The van der Waals surface area contributed by atoms with Gasteiger partial charge in [-0.25, -0.2) is 9.97 Å². The van der Waals surface area contributed by atoms with Crippen LogP contribution in [0.3, 0.4) is 0 Å². The number of para-hydroxylation sites is 1. The quantitative estimate of drug-likeness (QED) is 0.613. The first-order valence-electron chi connectivity index (χ1n) is 11.4. The molecule has 6 rings (SSSR count). The van der Waals surface area contributed by atoms with E-state index in [0.717, 1.165) is 30.1 Å². The lowest BCUT2D eigenvalue weighted by Crippen LogP contribution is -2.67. The van der Waals surface area contributed by atoms with Crippen LogP contribution < -0.4 is 14.8 Å². The summed E-state index contributed by atoms with van der Waals surface area (Å²) in [5.41, 5.74) is 4.53. The van der Waals surface area contributed by atoms with Crippen molar-refractivity contribution in [3.63, 3.8) is 0 Å². The Morgan fingerprint density at radius 2 is 1.70 bits per heavy atom. The van der Waals surface area contributed by atoms with Crippen LogP contribution in [0.4, 0.5) is 17.3 Å². The number of nitrogens with zero attached hydrogens (tertiary/aromatic N) is 6. The molecule has 0 aliphatic carbocycles. The van der Waals surface area contributed by atoms with E-state index < -0.39 is 5.41 Å². The summed E-state index contributed by atoms with van der Waals surface area (Å²) >= 11 is 0. The van der Waals surface area contributed by atoms with E-state index in [0.29, 0.717) is 18.9 Å². The van der Waals surface area contributed by atoms with Crippen LogP contribution in [0.15, 0.2) is 72.1 Å². The zero-order valence-corrected chi connectivity index (χ0v) is 18.8. The number of hydrogen-bond donors (Lipinski definition) is 0. The smallest absolute Gasteiger partial charge is 0.261 e. The fraction of sp³-hybridized carbons (Fsp3) is 0.308. The summed E-state index contributed by atoms with van der Waals surface area (Å²) in [5.74, 6) is 0.755. The van der Waals surface area contributed by atoms with E-state index in [4.69, 9.17) is 5.10 Å². The minimum absolute atomic E-state index is 0.0455. The van der Waals surface area contributed by atoms with Gasteiger partial charge in [-0.05, 0) is 50.1 Å². The van der Waals surface area contributed by atoms with E-state index in [2.05, 4.69) is 44.0 Å². The van der Waals surface area contributed by atoms with Crippen LogP contribution in [0.5, 0.6) is 0 Å². The van der Waals surface area contributed by atoms with E-state index in [-0.39, 0.29) is 11.9 Å². The highest BCUT2D eigenvalue weighted by Crippen LogP contribution is 2.48. The summed E-state index contributed by atoms with van der Waals surface area (Å²) in [6.07, 6.45) is 4.19. The standard InChI is InChI=1S/C26H26N6O/c1-18-8-10-21(11-9-18)32-24(33)26(19(2)29-32)16-20-6-3-4-7-22(20)31-15-14-30(17-23(26)31)25-27-12-5-13-28-25/h3-13,23H,14-17H2,1-2H3/t23-,26+/m0/s1. The van der Waals surface area contributed by atoms with E-state index in [1.807, 2.05) is 44.2 Å². The third-order valence-corrected chi connectivity index (χ3v) is 7.30. The average molecular weight is 439 g/mol. The molecule has 0 unspecified atom stereocenters. The molecule has 33 heavy (non-hydrogen) atoms. The van der Waals surface area contributed by atoms with Crippen LogP contribution in [0.25, 0.3) is 0 Å². The number of hydrogen-bond acceptors (Lipinski definition) is 6. The van der Waals surface area contributed by atoms with Crippen molar-refractivity contribution in [1.29, 1.82) is 0 Å². The Hall–Kier alpha value is -3.74. The number of piperazine rings is 1. The first kappa shape index (κ1) is 19.9. The van der Waals surface area contributed by atoms with Crippen molar-refractivity contribution in [2.75, 3.05) is 34.4 Å². The van der Waals surface area contributed by atoms with Gasteiger partial charge in [-0.1, -0.05) is 35.9 Å². The van der Waals surface area contributed by atoms with Gasteiger partial charge >= 0.3 is 0 Å². The third kappa shape index (κ3) is 2.95. The molecule has 0 N–H and O–H groups in total. The molecule has 4 heterocycles. The molecule has 2 aromatic carbocycles. The lowest BCUT2D eigenvalue weighted by atomic mass is 9.67. The molecule has 166 valence electrons. The average Bonchev–Trinajstić information content (AvgIpc) is 3.10. The van der Waals surface area contributed by atoms with Crippen molar-refractivity contribution >= 4 is 28.9 Å². The Labute approximate surface area is 193 Å². The second-order valence-electron chi connectivity index (χ2n) is 9.12. The number of anilines is 3.